The summed E-state index contributed by atoms with van der Waals surface area (Å²) in [4.78, 5) is 0. The minimum atomic E-state index is 0.359. The normalized spacial score (nSPS) is 15.9. The van der Waals surface area contributed by atoms with Gasteiger partial charge in [0.25, 0.3) is 0 Å². The Labute approximate surface area is 102 Å². The van der Waals surface area contributed by atoms with Gasteiger partial charge in [-0.25, -0.2) is 0 Å². The van der Waals surface area contributed by atoms with Crippen LogP contribution in [-0.2, 0) is 0 Å². The number of hydrogen-bond acceptors (Lipinski definition) is 3. The molecule has 0 heterocycles. The van der Waals surface area contributed by atoms with Crippen LogP contribution in [0.3, 0.4) is 0 Å². The van der Waals surface area contributed by atoms with Crippen LogP contribution in [0.4, 0.5) is 0 Å². The van der Waals surface area contributed by atoms with Gasteiger partial charge in [-0.2, -0.15) is 0 Å². The maximum atomic E-state index is 5.90. The third kappa shape index (κ3) is 3.01. The van der Waals surface area contributed by atoms with Crippen molar-refractivity contribution in [3.8, 4) is 11.5 Å². The fourth-order valence-corrected chi connectivity index (χ4v) is 1.76. The summed E-state index contributed by atoms with van der Waals surface area (Å²) in [6.45, 7) is 0.546. The third-order valence-electron chi connectivity index (χ3n) is 2.98. The van der Waals surface area contributed by atoms with Crippen molar-refractivity contribution in [2.75, 3.05) is 13.7 Å². The highest BCUT2D eigenvalue weighted by atomic mass is 16.5. The molecule has 1 aromatic carbocycles. The Balaban J connectivity index is 2.15. The Bertz CT molecular complexity index is 397. The molecule has 0 radical (unpaired) electrons. The first-order valence-electron chi connectivity index (χ1n) is 6.05. The molecule has 0 atom stereocenters. The third-order valence-corrected chi connectivity index (χ3v) is 2.98. The summed E-state index contributed by atoms with van der Waals surface area (Å²) < 4.78 is 11.2. The number of rotatable bonds is 5. The van der Waals surface area contributed by atoms with E-state index in [4.69, 9.17) is 15.2 Å². The lowest BCUT2D eigenvalue weighted by atomic mass is 9.96. The molecule has 0 aromatic heterocycles. The van der Waals surface area contributed by atoms with Crippen molar-refractivity contribution >= 4 is 6.08 Å². The zero-order valence-electron chi connectivity index (χ0n) is 10.2. The molecule has 1 aliphatic carbocycles. The van der Waals surface area contributed by atoms with Crippen LogP contribution in [-0.4, -0.2) is 19.8 Å². The quantitative estimate of drug-likeness (QED) is 0.850. The Hall–Kier alpha value is -1.48. The molecule has 1 fully saturated rings. The van der Waals surface area contributed by atoms with E-state index in [0.29, 0.717) is 12.6 Å². The standard InChI is InChI=1S/C14H19NO2/c1-16-13-8-7-11(4-3-9-15)10-14(13)17-12-5-2-6-12/h3-4,7-8,10,12H,2,5-6,9,15H2,1H3/b4-3+. The lowest BCUT2D eigenvalue weighted by Gasteiger charge is -2.27. The lowest BCUT2D eigenvalue weighted by molar-refractivity contribution is 0.116. The van der Waals surface area contributed by atoms with Gasteiger partial charge >= 0.3 is 0 Å². The summed E-state index contributed by atoms with van der Waals surface area (Å²) in [5, 5.41) is 0. The Morgan fingerprint density at radius 2 is 2.18 bits per heavy atom. The van der Waals surface area contributed by atoms with Crippen molar-refractivity contribution < 1.29 is 9.47 Å². The monoisotopic (exact) mass is 233 g/mol. The second-order valence-electron chi connectivity index (χ2n) is 4.22. The number of ether oxygens (including phenoxy) is 2. The molecule has 0 bridgehead atoms. The highest BCUT2D eigenvalue weighted by Crippen LogP contribution is 2.33. The zero-order chi connectivity index (χ0) is 12.1. The van der Waals surface area contributed by atoms with E-state index in [1.54, 1.807) is 7.11 Å². The lowest BCUT2D eigenvalue weighted by Crippen LogP contribution is -2.24. The predicted octanol–water partition coefficient (Wildman–Crippen LogP) is 2.60. The first kappa shape index (κ1) is 12.0. The maximum Gasteiger partial charge on any atom is 0.162 e. The molecule has 1 aromatic rings. The predicted molar refractivity (Wildman–Crippen MR) is 69.3 cm³/mol. The minimum Gasteiger partial charge on any atom is -0.493 e. The van der Waals surface area contributed by atoms with Crippen LogP contribution in [0.2, 0.25) is 0 Å². The average Bonchev–Trinajstić information content (AvgIpc) is 2.31. The summed E-state index contributed by atoms with van der Waals surface area (Å²) in [5.41, 5.74) is 6.53. The van der Waals surface area contributed by atoms with Crippen molar-refractivity contribution in [1.82, 2.24) is 0 Å². The van der Waals surface area contributed by atoms with Gasteiger partial charge < -0.3 is 15.2 Å². The van der Waals surface area contributed by atoms with E-state index in [1.165, 1.54) is 6.42 Å². The first-order valence-corrected chi connectivity index (χ1v) is 6.05. The van der Waals surface area contributed by atoms with Crippen LogP contribution < -0.4 is 15.2 Å². The fraction of sp³-hybridized carbons (Fsp3) is 0.429. The molecule has 1 saturated carbocycles. The van der Waals surface area contributed by atoms with Gasteiger partial charge in [0, 0.05) is 6.54 Å². The summed E-state index contributed by atoms with van der Waals surface area (Å²) >= 11 is 0. The second kappa shape index (κ2) is 5.73. The molecule has 2 N–H and O–H groups in total. The van der Waals surface area contributed by atoms with Gasteiger partial charge in [-0.1, -0.05) is 18.2 Å². The molecular weight excluding hydrogens is 214 g/mol. The molecule has 0 amide bonds. The molecule has 0 saturated heterocycles. The Kier molecular flexibility index (Phi) is 4.04. The van der Waals surface area contributed by atoms with Gasteiger partial charge in [-0.3, -0.25) is 0 Å². The maximum absolute atomic E-state index is 5.90. The van der Waals surface area contributed by atoms with Gasteiger partial charge in [-0.15, -0.1) is 0 Å². The highest BCUT2D eigenvalue weighted by molar-refractivity contribution is 5.56. The molecular formula is C14H19NO2. The molecule has 3 nitrogen and oxygen atoms in total. The first-order chi connectivity index (χ1) is 8.33. The topological polar surface area (TPSA) is 44.5 Å². The van der Waals surface area contributed by atoms with Gasteiger partial charge in [0.2, 0.25) is 0 Å². The van der Waals surface area contributed by atoms with Crippen LogP contribution >= 0.6 is 0 Å². The number of hydrogen-bond donors (Lipinski definition) is 1. The van der Waals surface area contributed by atoms with Gasteiger partial charge in [0.1, 0.15) is 0 Å². The van der Waals surface area contributed by atoms with Gasteiger partial charge in [0.15, 0.2) is 11.5 Å². The second-order valence-corrected chi connectivity index (χ2v) is 4.22. The van der Waals surface area contributed by atoms with Crippen LogP contribution in [0.25, 0.3) is 6.08 Å². The van der Waals surface area contributed by atoms with E-state index >= 15 is 0 Å². The summed E-state index contributed by atoms with van der Waals surface area (Å²) in [7, 11) is 1.67. The fourth-order valence-electron chi connectivity index (χ4n) is 1.76. The number of benzene rings is 1. The van der Waals surface area contributed by atoms with E-state index < -0.39 is 0 Å². The SMILES string of the molecule is COc1ccc(/C=C/CN)cc1OC1CCC1. The molecule has 92 valence electrons. The van der Waals surface area contributed by atoms with Gasteiger partial charge in [0.05, 0.1) is 13.2 Å². The highest BCUT2D eigenvalue weighted by Gasteiger charge is 2.20. The van der Waals surface area contributed by atoms with Crippen molar-refractivity contribution in [3.63, 3.8) is 0 Å². The van der Waals surface area contributed by atoms with Crippen molar-refractivity contribution in [1.29, 1.82) is 0 Å². The smallest absolute Gasteiger partial charge is 0.162 e. The molecule has 0 spiro atoms. The minimum absolute atomic E-state index is 0.359. The number of nitrogens with two attached hydrogens (primary N) is 1. The van der Waals surface area contributed by atoms with Gasteiger partial charge in [-0.05, 0) is 37.0 Å². The zero-order valence-corrected chi connectivity index (χ0v) is 10.2. The van der Waals surface area contributed by atoms with E-state index in [0.717, 1.165) is 29.9 Å². The van der Waals surface area contributed by atoms with E-state index in [9.17, 15) is 0 Å². The summed E-state index contributed by atoms with van der Waals surface area (Å²) in [5.74, 6) is 1.62. The molecule has 0 aliphatic heterocycles. The van der Waals surface area contributed by atoms with E-state index in [2.05, 4.69) is 0 Å². The van der Waals surface area contributed by atoms with Crippen LogP contribution in [0.15, 0.2) is 24.3 Å². The van der Waals surface area contributed by atoms with Crippen LogP contribution in [0.5, 0.6) is 11.5 Å². The van der Waals surface area contributed by atoms with Crippen LogP contribution in [0.1, 0.15) is 24.8 Å². The van der Waals surface area contributed by atoms with Crippen molar-refractivity contribution in [3.05, 3.63) is 29.8 Å². The molecule has 2 rings (SSSR count). The average molecular weight is 233 g/mol. The van der Waals surface area contributed by atoms with E-state index in [-0.39, 0.29) is 0 Å². The molecule has 0 unspecified atom stereocenters. The summed E-state index contributed by atoms with van der Waals surface area (Å²) in [6.07, 6.45) is 7.83. The Morgan fingerprint density at radius 3 is 2.76 bits per heavy atom. The molecule has 3 heteroatoms. The van der Waals surface area contributed by atoms with Crippen molar-refractivity contribution in [2.24, 2.45) is 5.73 Å². The van der Waals surface area contributed by atoms with Crippen molar-refractivity contribution in [2.45, 2.75) is 25.4 Å². The largest absolute Gasteiger partial charge is 0.493 e. The molecule has 1 aliphatic rings. The Morgan fingerprint density at radius 1 is 1.35 bits per heavy atom. The number of methoxy groups -OCH3 is 1. The van der Waals surface area contributed by atoms with Crippen LogP contribution in [0, 0.1) is 0 Å². The molecule has 17 heavy (non-hydrogen) atoms. The summed E-state index contributed by atoms with van der Waals surface area (Å²) in [6, 6.07) is 5.94. The van der Waals surface area contributed by atoms with E-state index in [1.807, 2.05) is 30.4 Å².